The predicted molar refractivity (Wildman–Crippen MR) is 124 cm³/mol. The molecule has 0 saturated carbocycles. The zero-order valence-electron chi connectivity index (χ0n) is 17.8. The van der Waals surface area contributed by atoms with E-state index in [0.717, 1.165) is 0 Å². The lowest BCUT2D eigenvalue weighted by Gasteiger charge is -2.14. The molecule has 0 bridgehead atoms. The minimum atomic E-state index is -0.598. The van der Waals surface area contributed by atoms with Gasteiger partial charge < -0.3 is 14.8 Å². The molecule has 170 valence electrons. The molecule has 1 fully saturated rings. The monoisotopic (exact) mass is 514 g/mol. The summed E-state index contributed by atoms with van der Waals surface area (Å²) >= 11 is 3.10. The molecule has 8 nitrogen and oxygen atoms in total. The number of benzene rings is 1. The zero-order valence-corrected chi connectivity index (χ0v) is 19.4. The van der Waals surface area contributed by atoms with Crippen molar-refractivity contribution in [2.45, 2.75) is 12.5 Å². The Morgan fingerprint density at radius 2 is 2.18 bits per heavy atom. The van der Waals surface area contributed by atoms with E-state index in [-0.39, 0.29) is 18.9 Å². The number of fused-ring (bicyclic) bond motifs is 1. The molecule has 0 unspecified atom stereocenters. The number of hydrogen-bond acceptors (Lipinski definition) is 6. The third-order valence-corrected chi connectivity index (χ3v) is 5.83. The highest BCUT2D eigenvalue weighted by Gasteiger charge is 2.34. The van der Waals surface area contributed by atoms with E-state index in [4.69, 9.17) is 9.47 Å². The molecule has 2 aromatic heterocycles. The molecule has 1 aliphatic heterocycles. The second kappa shape index (κ2) is 9.53. The van der Waals surface area contributed by atoms with E-state index in [0.29, 0.717) is 38.2 Å². The SMILES string of the molecule is CNC(=O)C(=Cc1ccnc2ccc(OC)nc12)C[C@@H]1CN(c2ccc(Br)c(F)c2)C(=O)O1. The number of anilines is 1. The van der Waals surface area contributed by atoms with Crippen LogP contribution in [0.4, 0.5) is 14.9 Å². The summed E-state index contributed by atoms with van der Waals surface area (Å²) in [6, 6.07) is 9.64. The maximum atomic E-state index is 13.9. The average molecular weight is 515 g/mol. The van der Waals surface area contributed by atoms with Gasteiger partial charge in [-0.3, -0.25) is 14.7 Å². The van der Waals surface area contributed by atoms with Crippen LogP contribution in [0.15, 0.2) is 52.6 Å². The van der Waals surface area contributed by atoms with Gasteiger partial charge in [-0.15, -0.1) is 0 Å². The smallest absolute Gasteiger partial charge is 0.414 e. The molecule has 1 atom stereocenters. The van der Waals surface area contributed by atoms with Crippen molar-refractivity contribution in [3.8, 4) is 5.88 Å². The van der Waals surface area contributed by atoms with Crippen molar-refractivity contribution in [2.75, 3.05) is 25.6 Å². The van der Waals surface area contributed by atoms with E-state index in [1.165, 1.54) is 31.2 Å². The number of nitrogens with zero attached hydrogens (tertiary/aromatic N) is 3. The molecule has 33 heavy (non-hydrogen) atoms. The molecule has 3 heterocycles. The van der Waals surface area contributed by atoms with Crippen molar-refractivity contribution < 1.29 is 23.5 Å². The topological polar surface area (TPSA) is 93.6 Å². The van der Waals surface area contributed by atoms with Gasteiger partial charge in [-0.05, 0) is 52.3 Å². The number of aromatic nitrogens is 2. The molecule has 4 rings (SSSR count). The number of carbonyl (C=O) groups is 2. The fourth-order valence-corrected chi connectivity index (χ4v) is 3.81. The summed E-state index contributed by atoms with van der Waals surface area (Å²) in [6.07, 6.45) is 2.30. The van der Waals surface area contributed by atoms with Crippen LogP contribution in [0.3, 0.4) is 0 Å². The maximum absolute atomic E-state index is 13.9. The first-order valence-electron chi connectivity index (χ1n) is 10.0. The number of likely N-dealkylation sites (N-methyl/N-ethyl adjacent to an activating group) is 1. The van der Waals surface area contributed by atoms with Crippen LogP contribution in [0.1, 0.15) is 12.0 Å². The molecule has 3 aromatic rings. The summed E-state index contributed by atoms with van der Waals surface area (Å²) in [5.74, 6) is -0.372. The first-order valence-corrected chi connectivity index (χ1v) is 10.8. The van der Waals surface area contributed by atoms with Crippen molar-refractivity contribution in [1.29, 1.82) is 0 Å². The van der Waals surface area contributed by atoms with Gasteiger partial charge in [0, 0.05) is 36.9 Å². The third kappa shape index (κ3) is 4.80. The highest BCUT2D eigenvalue weighted by atomic mass is 79.9. The molecule has 1 saturated heterocycles. The van der Waals surface area contributed by atoms with Gasteiger partial charge >= 0.3 is 6.09 Å². The molecule has 0 spiro atoms. The van der Waals surface area contributed by atoms with E-state index >= 15 is 0 Å². The van der Waals surface area contributed by atoms with Crippen molar-refractivity contribution in [1.82, 2.24) is 15.3 Å². The van der Waals surface area contributed by atoms with Gasteiger partial charge in [-0.2, -0.15) is 0 Å². The number of methoxy groups -OCH3 is 1. The third-order valence-electron chi connectivity index (χ3n) is 5.18. The molecule has 1 N–H and O–H groups in total. The van der Waals surface area contributed by atoms with Crippen molar-refractivity contribution in [3.63, 3.8) is 0 Å². The van der Waals surface area contributed by atoms with E-state index in [1.54, 1.807) is 36.5 Å². The van der Waals surface area contributed by atoms with Crippen LogP contribution >= 0.6 is 15.9 Å². The summed E-state index contributed by atoms with van der Waals surface area (Å²) in [7, 11) is 3.05. The average Bonchev–Trinajstić information content (AvgIpc) is 3.19. The number of amides is 2. The largest absolute Gasteiger partial charge is 0.481 e. The molecule has 2 amide bonds. The first kappa shape index (κ1) is 22.7. The fourth-order valence-electron chi connectivity index (χ4n) is 3.56. The van der Waals surface area contributed by atoms with Gasteiger partial charge in [0.25, 0.3) is 0 Å². The van der Waals surface area contributed by atoms with Crippen LogP contribution in [0.5, 0.6) is 5.88 Å². The number of rotatable bonds is 6. The number of nitrogens with one attached hydrogen (secondary N) is 1. The molecular formula is C23H20BrFN4O4. The van der Waals surface area contributed by atoms with Crippen molar-refractivity contribution in [3.05, 3.63) is 64.0 Å². The Hall–Kier alpha value is -3.53. The second-order valence-electron chi connectivity index (χ2n) is 7.29. The minimum absolute atomic E-state index is 0.161. The van der Waals surface area contributed by atoms with Crippen molar-refractivity contribution in [2.24, 2.45) is 0 Å². The lowest BCUT2D eigenvalue weighted by Crippen LogP contribution is -2.26. The van der Waals surface area contributed by atoms with E-state index in [1.807, 2.05) is 0 Å². The van der Waals surface area contributed by atoms with E-state index in [9.17, 15) is 14.0 Å². The summed E-state index contributed by atoms with van der Waals surface area (Å²) in [6.45, 7) is 0.178. The second-order valence-corrected chi connectivity index (χ2v) is 8.14. The maximum Gasteiger partial charge on any atom is 0.414 e. The van der Waals surface area contributed by atoms with Gasteiger partial charge in [0.1, 0.15) is 11.9 Å². The predicted octanol–water partition coefficient (Wildman–Crippen LogP) is 4.08. The molecule has 0 radical (unpaired) electrons. The van der Waals surface area contributed by atoms with Crippen LogP contribution < -0.4 is 15.0 Å². The number of cyclic esters (lactones) is 1. The van der Waals surface area contributed by atoms with Gasteiger partial charge in [0.15, 0.2) is 0 Å². The Morgan fingerprint density at radius 1 is 1.36 bits per heavy atom. The molecule has 0 aliphatic carbocycles. The van der Waals surface area contributed by atoms with Gasteiger partial charge in [-0.1, -0.05) is 0 Å². The summed E-state index contributed by atoms with van der Waals surface area (Å²) in [5.41, 5.74) is 2.68. The molecular weight excluding hydrogens is 495 g/mol. The number of halogens is 2. The van der Waals surface area contributed by atoms with E-state index in [2.05, 4.69) is 31.2 Å². The normalized spacial score (nSPS) is 16.1. The quantitative estimate of drug-likeness (QED) is 0.498. The molecule has 10 heteroatoms. The van der Waals surface area contributed by atoms with Gasteiger partial charge in [0.05, 0.1) is 34.8 Å². The number of carbonyl (C=O) groups excluding carboxylic acids is 2. The number of pyridine rings is 2. The standard InChI is InChI=1S/C23H20BrFN4O4/c1-26-22(30)14(9-13-7-8-27-19-5-6-20(32-2)28-21(13)19)10-16-12-29(23(31)33-16)15-3-4-17(24)18(25)11-15/h3-9,11,16H,10,12H2,1-2H3,(H,26,30)/t16-/m1/s1. The lowest BCUT2D eigenvalue weighted by molar-refractivity contribution is -0.117. The Kier molecular flexibility index (Phi) is 6.55. The van der Waals surface area contributed by atoms with Crippen LogP contribution in [0.2, 0.25) is 0 Å². The van der Waals surface area contributed by atoms with Crippen LogP contribution in [0, 0.1) is 5.82 Å². The van der Waals surface area contributed by atoms with Gasteiger partial charge in [0.2, 0.25) is 11.8 Å². The number of ether oxygens (including phenoxy) is 2. The molecule has 1 aliphatic rings. The first-order chi connectivity index (χ1) is 15.9. The Labute approximate surface area is 197 Å². The van der Waals surface area contributed by atoms with Crippen LogP contribution in [-0.4, -0.2) is 48.8 Å². The van der Waals surface area contributed by atoms with Gasteiger partial charge in [-0.25, -0.2) is 14.2 Å². The van der Waals surface area contributed by atoms with E-state index < -0.39 is 18.0 Å². The zero-order chi connectivity index (χ0) is 23.5. The van der Waals surface area contributed by atoms with Crippen LogP contribution in [-0.2, 0) is 9.53 Å². The number of hydrogen-bond donors (Lipinski definition) is 1. The molecule has 1 aromatic carbocycles. The Balaban J connectivity index is 1.62. The minimum Gasteiger partial charge on any atom is -0.481 e. The highest BCUT2D eigenvalue weighted by Crippen LogP contribution is 2.29. The Bertz CT molecular complexity index is 1270. The summed E-state index contributed by atoms with van der Waals surface area (Å²) in [5, 5.41) is 2.62. The summed E-state index contributed by atoms with van der Waals surface area (Å²) < 4.78 is 24.9. The lowest BCUT2D eigenvalue weighted by atomic mass is 10.0. The fraction of sp³-hybridized carbons (Fsp3) is 0.217. The van der Waals surface area contributed by atoms with Crippen molar-refractivity contribution >= 4 is 50.7 Å². The Morgan fingerprint density at radius 3 is 2.91 bits per heavy atom. The summed E-state index contributed by atoms with van der Waals surface area (Å²) in [4.78, 5) is 35.1. The highest BCUT2D eigenvalue weighted by molar-refractivity contribution is 9.10. The van der Waals surface area contributed by atoms with Crippen LogP contribution in [0.25, 0.3) is 17.1 Å².